The van der Waals surface area contributed by atoms with Gasteiger partial charge in [-0.3, -0.25) is 0 Å². The number of rotatable bonds is 6. The number of aromatic amines is 1. The molecule has 1 aromatic heterocycles. The summed E-state index contributed by atoms with van der Waals surface area (Å²) in [5.41, 5.74) is 7.27. The van der Waals surface area contributed by atoms with Crippen LogP contribution in [0.3, 0.4) is 0 Å². The van der Waals surface area contributed by atoms with Crippen LogP contribution < -0.4 is 0 Å². The van der Waals surface area contributed by atoms with E-state index in [2.05, 4.69) is 58.5 Å². The number of fused-ring (bicyclic) bond motifs is 1. The van der Waals surface area contributed by atoms with Gasteiger partial charge in [0.15, 0.2) is 0 Å². The maximum atomic E-state index is 11.8. The Labute approximate surface area is 194 Å². The van der Waals surface area contributed by atoms with Crippen LogP contribution in [-0.2, 0) is 6.42 Å². The van der Waals surface area contributed by atoms with Crippen LogP contribution in [-0.4, -0.2) is 21.0 Å². The fraction of sp³-hybridized carbons (Fsp3) is 0.310. The van der Waals surface area contributed by atoms with Crippen LogP contribution in [0.15, 0.2) is 60.7 Å². The molecule has 1 heterocycles. The summed E-state index contributed by atoms with van der Waals surface area (Å²) < 4.78 is 0. The van der Waals surface area contributed by atoms with Gasteiger partial charge in [-0.15, -0.1) is 0 Å². The Balaban J connectivity index is 1.42. The molecule has 0 atom stereocenters. The molecule has 0 spiro atoms. The number of carboxylic acids is 1. The highest BCUT2D eigenvalue weighted by atomic mass is 16.4. The molecule has 0 unspecified atom stereocenters. The normalized spacial score (nSPS) is 14.6. The predicted octanol–water partition coefficient (Wildman–Crippen LogP) is 7.42. The Morgan fingerprint density at radius 2 is 1.70 bits per heavy atom. The number of aromatic nitrogens is 2. The lowest BCUT2D eigenvalue weighted by molar-refractivity contribution is 0.0699. The van der Waals surface area contributed by atoms with Gasteiger partial charge < -0.3 is 10.1 Å². The molecule has 0 radical (unpaired) electrons. The number of hydrogen-bond donors (Lipinski definition) is 2. The molecule has 1 saturated carbocycles. The van der Waals surface area contributed by atoms with Crippen LogP contribution >= 0.6 is 0 Å². The topological polar surface area (TPSA) is 66.0 Å². The van der Waals surface area contributed by atoms with Gasteiger partial charge >= 0.3 is 5.97 Å². The van der Waals surface area contributed by atoms with Gasteiger partial charge in [-0.1, -0.05) is 80.6 Å². The molecule has 1 aliphatic rings. The van der Waals surface area contributed by atoms with Gasteiger partial charge in [0.1, 0.15) is 11.3 Å². The van der Waals surface area contributed by atoms with Crippen molar-refractivity contribution in [1.29, 1.82) is 0 Å². The third-order valence-corrected chi connectivity index (χ3v) is 7.03. The predicted molar refractivity (Wildman–Crippen MR) is 134 cm³/mol. The summed E-state index contributed by atoms with van der Waals surface area (Å²) in [6.07, 6.45) is 9.35. The summed E-state index contributed by atoms with van der Waals surface area (Å²) in [7, 11) is 0. The van der Waals surface area contributed by atoms with Gasteiger partial charge in [-0.05, 0) is 65.6 Å². The SMILES string of the molecule is Cc1nc2c(C(=O)O)cc(-c3ccc(-c4ccccc4CCC4CCCCC4)cc3)cc2[nH]1. The van der Waals surface area contributed by atoms with Crippen LogP contribution in [0.1, 0.15) is 60.3 Å². The number of hydrogen-bond acceptors (Lipinski definition) is 2. The summed E-state index contributed by atoms with van der Waals surface area (Å²) in [5, 5.41) is 9.68. The first-order valence-corrected chi connectivity index (χ1v) is 12.0. The van der Waals surface area contributed by atoms with Crippen molar-refractivity contribution < 1.29 is 9.90 Å². The van der Waals surface area contributed by atoms with E-state index in [9.17, 15) is 9.90 Å². The molecule has 3 aromatic carbocycles. The van der Waals surface area contributed by atoms with Crippen LogP contribution in [0.2, 0.25) is 0 Å². The average Bonchev–Trinajstić information content (AvgIpc) is 3.23. The first-order chi connectivity index (χ1) is 16.1. The third-order valence-electron chi connectivity index (χ3n) is 7.03. The highest BCUT2D eigenvalue weighted by Gasteiger charge is 2.16. The lowest BCUT2D eigenvalue weighted by Crippen LogP contribution is -2.07. The zero-order valence-electron chi connectivity index (χ0n) is 19.1. The molecule has 33 heavy (non-hydrogen) atoms. The quantitative estimate of drug-likeness (QED) is 0.329. The maximum absolute atomic E-state index is 11.8. The van der Waals surface area contributed by atoms with Gasteiger partial charge in [-0.25, -0.2) is 9.78 Å². The van der Waals surface area contributed by atoms with E-state index in [0.29, 0.717) is 11.3 Å². The molecule has 4 heteroatoms. The van der Waals surface area contributed by atoms with Crippen molar-refractivity contribution in [2.24, 2.45) is 5.92 Å². The summed E-state index contributed by atoms with van der Waals surface area (Å²) in [6, 6.07) is 20.9. The Morgan fingerprint density at radius 3 is 2.45 bits per heavy atom. The Kier molecular flexibility index (Phi) is 5.99. The molecular formula is C29H30N2O2. The monoisotopic (exact) mass is 438 g/mol. The van der Waals surface area contributed by atoms with E-state index < -0.39 is 5.97 Å². The smallest absolute Gasteiger partial charge is 0.337 e. The number of aryl methyl sites for hydroxylation is 2. The summed E-state index contributed by atoms with van der Waals surface area (Å²) >= 11 is 0. The second-order valence-electron chi connectivity index (χ2n) is 9.32. The molecule has 4 aromatic rings. The van der Waals surface area contributed by atoms with Crippen molar-refractivity contribution in [3.63, 3.8) is 0 Å². The number of nitrogens with one attached hydrogen (secondary N) is 1. The number of H-pyrrole nitrogens is 1. The average molecular weight is 439 g/mol. The summed E-state index contributed by atoms with van der Waals surface area (Å²) in [6.45, 7) is 1.84. The lowest BCUT2D eigenvalue weighted by atomic mass is 9.84. The molecule has 0 amide bonds. The second kappa shape index (κ2) is 9.22. The van der Waals surface area contributed by atoms with E-state index >= 15 is 0 Å². The molecule has 1 fully saturated rings. The van der Waals surface area contributed by atoms with Crippen LogP contribution in [0.25, 0.3) is 33.3 Å². The Hall–Kier alpha value is -3.40. The van der Waals surface area contributed by atoms with E-state index in [-0.39, 0.29) is 5.56 Å². The van der Waals surface area contributed by atoms with Crippen LogP contribution in [0.4, 0.5) is 0 Å². The van der Waals surface area contributed by atoms with E-state index in [1.54, 1.807) is 6.07 Å². The van der Waals surface area contributed by atoms with E-state index in [0.717, 1.165) is 29.0 Å². The molecule has 2 N–H and O–H groups in total. The zero-order chi connectivity index (χ0) is 22.8. The number of carboxylic acid groups (broad SMARTS) is 1. The van der Waals surface area contributed by atoms with Crippen molar-refractivity contribution in [2.45, 2.75) is 51.9 Å². The molecule has 1 aliphatic carbocycles. The van der Waals surface area contributed by atoms with Crippen LogP contribution in [0.5, 0.6) is 0 Å². The molecule has 0 bridgehead atoms. The number of nitrogens with zero attached hydrogens (tertiary/aromatic N) is 1. The van der Waals surface area contributed by atoms with Gasteiger partial charge in [-0.2, -0.15) is 0 Å². The third kappa shape index (κ3) is 4.56. The zero-order valence-corrected chi connectivity index (χ0v) is 19.1. The number of imidazole rings is 1. The molecule has 0 saturated heterocycles. The second-order valence-corrected chi connectivity index (χ2v) is 9.32. The van der Waals surface area contributed by atoms with Crippen molar-refractivity contribution in [2.75, 3.05) is 0 Å². The van der Waals surface area contributed by atoms with Gasteiger partial charge in [0.25, 0.3) is 0 Å². The maximum Gasteiger partial charge on any atom is 0.337 e. The standard InChI is InChI=1S/C29H30N2O2/c1-19-30-27-18-24(17-26(29(32)33)28(27)31-19)21-13-15-23(16-14-21)25-10-6-5-9-22(25)12-11-20-7-3-2-4-8-20/h5-6,9-10,13-18,20H,2-4,7-8,11-12H2,1H3,(H,30,31)(H,32,33). The van der Waals surface area contributed by atoms with E-state index in [1.807, 2.05) is 13.0 Å². The van der Waals surface area contributed by atoms with Gasteiger partial charge in [0.05, 0.1) is 11.1 Å². The molecule has 4 nitrogen and oxygen atoms in total. The first-order valence-electron chi connectivity index (χ1n) is 12.0. The first kappa shape index (κ1) is 21.4. The van der Waals surface area contributed by atoms with Crippen molar-refractivity contribution >= 4 is 17.0 Å². The van der Waals surface area contributed by atoms with Crippen LogP contribution in [0, 0.1) is 12.8 Å². The molecule has 5 rings (SSSR count). The number of benzene rings is 3. The molecule has 168 valence electrons. The molecule has 0 aliphatic heterocycles. The minimum atomic E-state index is -0.961. The van der Waals surface area contributed by atoms with Crippen molar-refractivity contribution in [1.82, 2.24) is 9.97 Å². The number of aromatic carboxylic acids is 1. The van der Waals surface area contributed by atoms with Gasteiger partial charge in [0.2, 0.25) is 0 Å². The minimum Gasteiger partial charge on any atom is -0.478 e. The van der Waals surface area contributed by atoms with E-state index in [4.69, 9.17) is 0 Å². The Bertz CT molecular complexity index is 1280. The minimum absolute atomic E-state index is 0.226. The molecular weight excluding hydrogens is 408 g/mol. The summed E-state index contributed by atoms with van der Waals surface area (Å²) in [4.78, 5) is 19.3. The van der Waals surface area contributed by atoms with Crippen molar-refractivity contribution in [3.05, 3.63) is 77.6 Å². The highest BCUT2D eigenvalue weighted by molar-refractivity contribution is 6.03. The van der Waals surface area contributed by atoms with Gasteiger partial charge in [0, 0.05) is 0 Å². The Morgan fingerprint density at radius 1 is 0.970 bits per heavy atom. The lowest BCUT2D eigenvalue weighted by Gasteiger charge is -2.22. The highest BCUT2D eigenvalue weighted by Crippen LogP contribution is 2.32. The largest absolute Gasteiger partial charge is 0.478 e. The fourth-order valence-electron chi connectivity index (χ4n) is 5.27. The number of carbonyl (C=O) groups is 1. The summed E-state index contributed by atoms with van der Waals surface area (Å²) in [5.74, 6) is 0.625. The van der Waals surface area contributed by atoms with Crippen molar-refractivity contribution in [3.8, 4) is 22.3 Å². The fourth-order valence-corrected chi connectivity index (χ4v) is 5.27. The van der Waals surface area contributed by atoms with E-state index in [1.165, 1.54) is 55.2 Å².